The standard InChI is InChI=1S/C83H142O17P2/c1-5-9-13-17-21-25-29-33-36-37-38-39-42-45-48-52-56-60-64-68-81(86)94-74-79(100-83(88)70-66-62-58-54-50-46-41-35-31-27-23-19-15-11-7-3)76-98-102(91,92)96-72-77(84)71-95-101(89,90)97-75-78(99-82(87)69-65-61-57-53-49-43-32-28-24-20-16-12-8-4)73-93-80(85)67-63-59-55-51-47-44-40-34-30-26-22-18-14-10-6-2/h9,11,13,15,21,23,25,27,33,35-36,38-39,41,45,48,50,54,62,66,77-79,84H,5-8,10,12,14,16-20,22,24,26,28-32,34,37,40,42-44,46-47,49,51-53,55-61,63-65,67-76H2,1-4H3,(H,89,90)(H,91,92)/b13-9-,15-11-,25-21-,27-23-,36-33-,39-38-,41-35-,48-45-,54-50-,66-62-. The van der Waals surface area contributed by atoms with E-state index in [2.05, 4.69) is 125 Å². The third-order valence-electron chi connectivity index (χ3n) is 16.5. The summed E-state index contributed by atoms with van der Waals surface area (Å²) in [6.45, 7) is 4.53. The van der Waals surface area contributed by atoms with Gasteiger partial charge in [-0.05, 0) is 96.3 Å². The molecule has 5 atom stereocenters. The zero-order valence-corrected chi connectivity index (χ0v) is 65.8. The molecule has 19 heteroatoms. The third-order valence-corrected chi connectivity index (χ3v) is 18.4. The molecule has 0 fully saturated rings. The van der Waals surface area contributed by atoms with Gasteiger partial charge in [-0.3, -0.25) is 37.3 Å². The van der Waals surface area contributed by atoms with E-state index in [-0.39, 0.29) is 25.7 Å². The van der Waals surface area contributed by atoms with Crippen LogP contribution in [-0.4, -0.2) is 96.7 Å². The number of rotatable bonds is 74. The van der Waals surface area contributed by atoms with Gasteiger partial charge in [0, 0.05) is 19.3 Å². The minimum Gasteiger partial charge on any atom is -0.462 e. The molecule has 0 amide bonds. The predicted molar refractivity (Wildman–Crippen MR) is 418 cm³/mol. The molecule has 0 heterocycles. The quantitative estimate of drug-likeness (QED) is 0.0169. The number of phosphoric acid groups is 2. The van der Waals surface area contributed by atoms with Gasteiger partial charge in [0.1, 0.15) is 19.3 Å². The Hall–Kier alpha value is -4.54. The fourth-order valence-corrected chi connectivity index (χ4v) is 12.1. The smallest absolute Gasteiger partial charge is 0.462 e. The van der Waals surface area contributed by atoms with Crippen LogP contribution >= 0.6 is 15.6 Å². The minimum absolute atomic E-state index is 0.0958. The second kappa shape index (κ2) is 74.7. The van der Waals surface area contributed by atoms with E-state index in [1.54, 1.807) is 12.2 Å². The number of allylic oxidation sites excluding steroid dienone is 19. The number of carbonyl (C=O) groups excluding carboxylic acids is 4. The van der Waals surface area contributed by atoms with E-state index >= 15 is 0 Å². The molecule has 102 heavy (non-hydrogen) atoms. The van der Waals surface area contributed by atoms with Crippen molar-refractivity contribution in [2.45, 2.75) is 341 Å². The molecule has 0 aromatic carbocycles. The Morgan fingerprint density at radius 3 is 0.873 bits per heavy atom. The van der Waals surface area contributed by atoms with E-state index in [0.29, 0.717) is 25.7 Å². The molecule has 0 saturated heterocycles. The summed E-state index contributed by atoms with van der Waals surface area (Å²) >= 11 is 0. The Balaban J connectivity index is 5.43. The van der Waals surface area contributed by atoms with Crippen molar-refractivity contribution in [2.24, 2.45) is 0 Å². The molecule has 0 aromatic rings. The number of aliphatic hydroxyl groups is 1. The Morgan fingerprint density at radius 2 is 0.549 bits per heavy atom. The third kappa shape index (κ3) is 73.8. The lowest BCUT2D eigenvalue weighted by atomic mass is 10.0. The molecule has 0 aliphatic carbocycles. The molecule has 0 saturated carbocycles. The highest BCUT2D eigenvalue weighted by molar-refractivity contribution is 7.47. The molecule has 3 N–H and O–H groups in total. The summed E-state index contributed by atoms with van der Waals surface area (Å²) in [5.74, 6) is -2.35. The number of carbonyl (C=O) groups is 4. The summed E-state index contributed by atoms with van der Waals surface area (Å²) in [5.41, 5.74) is 0. The maximum absolute atomic E-state index is 13.1. The fourth-order valence-electron chi connectivity index (χ4n) is 10.5. The van der Waals surface area contributed by atoms with Gasteiger partial charge in [0.15, 0.2) is 12.2 Å². The van der Waals surface area contributed by atoms with Crippen molar-refractivity contribution in [3.8, 4) is 0 Å². The highest BCUT2D eigenvalue weighted by atomic mass is 31.2. The van der Waals surface area contributed by atoms with Crippen LogP contribution in [0.2, 0.25) is 0 Å². The highest BCUT2D eigenvalue weighted by Crippen LogP contribution is 2.45. The Labute approximate surface area is 619 Å². The van der Waals surface area contributed by atoms with Gasteiger partial charge in [0.2, 0.25) is 0 Å². The summed E-state index contributed by atoms with van der Waals surface area (Å²) < 4.78 is 68.4. The van der Waals surface area contributed by atoms with Crippen molar-refractivity contribution in [3.05, 3.63) is 122 Å². The molecule has 0 radical (unpaired) electrons. The largest absolute Gasteiger partial charge is 0.472 e. The number of ether oxygens (including phenoxy) is 4. The Kier molecular flexibility index (Phi) is 71.4. The van der Waals surface area contributed by atoms with E-state index in [9.17, 15) is 43.2 Å². The van der Waals surface area contributed by atoms with Crippen LogP contribution in [0, 0.1) is 0 Å². The molecule has 0 rings (SSSR count). The van der Waals surface area contributed by atoms with Crippen molar-refractivity contribution in [2.75, 3.05) is 39.6 Å². The first-order chi connectivity index (χ1) is 49.7. The summed E-state index contributed by atoms with van der Waals surface area (Å²) in [5, 5.41) is 10.6. The van der Waals surface area contributed by atoms with E-state index in [1.165, 1.54) is 122 Å². The number of hydrogen-bond acceptors (Lipinski definition) is 15. The summed E-state index contributed by atoms with van der Waals surface area (Å²) in [6.07, 6.45) is 82.1. The molecule has 17 nitrogen and oxygen atoms in total. The van der Waals surface area contributed by atoms with Crippen LogP contribution in [0.1, 0.15) is 323 Å². The van der Waals surface area contributed by atoms with Crippen molar-refractivity contribution in [3.63, 3.8) is 0 Å². The van der Waals surface area contributed by atoms with Gasteiger partial charge in [-0.15, -0.1) is 0 Å². The van der Waals surface area contributed by atoms with Crippen LogP contribution in [0.4, 0.5) is 0 Å². The van der Waals surface area contributed by atoms with Gasteiger partial charge < -0.3 is 33.8 Å². The van der Waals surface area contributed by atoms with Gasteiger partial charge in [0.05, 0.1) is 32.8 Å². The van der Waals surface area contributed by atoms with E-state index in [0.717, 1.165) is 122 Å². The number of esters is 4. The van der Waals surface area contributed by atoms with Crippen LogP contribution in [0.3, 0.4) is 0 Å². The number of aliphatic hydroxyl groups excluding tert-OH is 1. The Morgan fingerprint density at radius 1 is 0.294 bits per heavy atom. The van der Waals surface area contributed by atoms with Crippen LogP contribution < -0.4 is 0 Å². The van der Waals surface area contributed by atoms with Crippen molar-refractivity contribution < 1.29 is 80.2 Å². The van der Waals surface area contributed by atoms with Crippen molar-refractivity contribution in [1.82, 2.24) is 0 Å². The van der Waals surface area contributed by atoms with Crippen molar-refractivity contribution in [1.29, 1.82) is 0 Å². The molecule has 0 aliphatic rings. The van der Waals surface area contributed by atoms with E-state index in [4.69, 9.17) is 37.0 Å². The van der Waals surface area contributed by atoms with E-state index < -0.39 is 97.5 Å². The minimum atomic E-state index is -5.01. The average Bonchev–Trinajstić information content (AvgIpc) is 0.924. The molecule has 0 bridgehead atoms. The average molecular weight is 1470 g/mol. The van der Waals surface area contributed by atoms with Crippen LogP contribution in [-0.2, 0) is 65.4 Å². The Bertz CT molecular complexity index is 2410. The first-order valence-corrected chi connectivity index (χ1v) is 42.8. The summed E-state index contributed by atoms with van der Waals surface area (Å²) in [4.78, 5) is 72.9. The SMILES string of the molecule is CC/C=C\C/C=C\C/C=C\C/C=C\C/C=C\CCCCCC(=O)OCC(COP(=O)(O)OCC(O)COP(=O)(O)OCC(COC(=O)CCCCCCCCCCCCCCCCC)OC(=O)CCCCCCCCCCCCCCC)OC(=O)C/C=C\C/C=C\C/C=C\C/C=C\C/C=C\CC. The highest BCUT2D eigenvalue weighted by Gasteiger charge is 2.30. The molecular formula is C83H142O17P2. The topological polar surface area (TPSA) is 237 Å². The zero-order valence-electron chi connectivity index (χ0n) is 64.0. The van der Waals surface area contributed by atoms with Crippen LogP contribution in [0.5, 0.6) is 0 Å². The fraction of sp³-hybridized carbons (Fsp3) is 0.711. The van der Waals surface area contributed by atoms with Gasteiger partial charge in [-0.1, -0.05) is 323 Å². The number of unbranched alkanes of at least 4 members (excludes halogenated alkanes) is 29. The molecular weight excluding hydrogens is 1330 g/mol. The number of hydrogen-bond donors (Lipinski definition) is 3. The lowest BCUT2D eigenvalue weighted by molar-refractivity contribution is -0.161. The second-order valence-corrected chi connectivity index (χ2v) is 29.2. The molecule has 0 aliphatic heterocycles. The first-order valence-electron chi connectivity index (χ1n) is 39.8. The predicted octanol–water partition coefficient (Wildman–Crippen LogP) is 23.1. The van der Waals surface area contributed by atoms with Crippen LogP contribution in [0.25, 0.3) is 0 Å². The molecule has 0 aromatic heterocycles. The van der Waals surface area contributed by atoms with E-state index in [1.807, 2.05) is 12.2 Å². The normalized spacial score (nSPS) is 14.5. The monoisotopic (exact) mass is 1470 g/mol. The van der Waals surface area contributed by atoms with Gasteiger partial charge in [-0.25, -0.2) is 9.13 Å². The van der Waals surface area contributed by atoms with Gasteiger partial charge in [0.25, 0.3) is 0 Å². The molecule has 586 valence electrons. The molecule has 5 unspecified atom stereocenters. The second-order valence-electron chi connectivity index (χ2n) is 26.3. The first kappa shape index (κ1) is 97.5. The van der Waals surface area contributed by atoms with Gasteiger partial charge >= 0.3 is 39.5 Å². The van der Waals surface area contributed by atoms with Gasteiger partial charge in [-0.2, -0.15) is 0 Å². The summed E-state index contributed by atoms with van der Waals surface area (Å²) in [6, 6.07) is 0. The number of phosphoric ester groups is 2. The molecule has 0 spiro atoms. The maximum Gasteiger partial charge on any atom is 0.472 e. The lowest BCUT2D eigenvalue weighted by Gasteiger charge is -2.21. The zero-order chi connectivity index (χ0) is 74.6. The summed E-state index contributed by atoms with van der Waals surface area (Å²) in [7, 11) is -9.99. The van der Waals surface area contributed by atoms with Crippen molar-refractivity contribution >= 4 is 39.5 Å². The lowest BCUT2D eigenvalue weighted by Crippen LogP contribution is -2.30. The maximum atomic E-state index is 13.1. The van der Waals surface area contributed by atoms with Crippen LogP contribution in [0.15, 0.2) is 122 Å².